The predicted molar refractivity (Wildman–Crippen MR) is 91.4 cm³/mol. The van der Waals surface area contributed by atoms with Crippen molar-refractivity contribution in [1.29, 1.82) is 0 Å². The number of hydrogen-bond donors (Lipinski definition) is 2. The lowest BCUT2D eigenvalue weighted by molar-refractivity contribution is 0.239. The molecule has 3 aromatic rings. The van der Waals surface area contributed by atoms with Gasteiger partial charge in [0, 0.05) is 6.54 Å². The summed E-state index contributed by atoms with van der Waals surface area (Å²) in [6.45, 7) is 0.462. The van der Waals surface area contributed by atoms with E-state index in [1.807, 2.05) is 48.6 Å². The third kappa shape index (κ3) is 3.40. The molecule has 0 aliphatic carbocycles. The van der Waals surface area contributed by atoms with Crippen LogP contribution in [0.1, 0.15) is 12.0 Å². The third-order valence-corrected chi connectivity index (χ3v) is 3.49. The molecule has 1 heterocycles. The van der Waals surface area contributed by atoms with E-state index in [0.717, 1.165) is 10.2 Å². The average Bonchev–Trinajstić information content (AvgIpc) is 2.93. The monoisotopic (exact) mass is 307 g/mol. The van der Waals surface area contributed by atoms with Gasteiger partial charge in [-0.25, -0.2) is 4.79 Å². The van der Waals surface area contributed by atoms with Crippen molar-refractivity contribution in [1.82, 2.24) is 15.1 Å². The first-order chi connectivity index (χ1) is 11.3. The zero-order valence-corrected chi connectivity index (χ0v) is 12.5. The van der Waals surface area contributed by atoms with E-state index in [2.05, 4.69) is 10.4 Å². The molecule has 23 heavy (non-hydrogen) atoms. The fourth-order valence-electron chi connectivity index (χ4n) is 2.33. The molecular weight excluding hydrogens is 290 g/mol. The summed E-state index contributed by atoms with van der Waals surface area (Å²) in [5, 5.41) is 6.04. The highest BCUT2D eigenvalue weighted by atomic mass is 16.2. The molecule has 116 valence electrons. The fraction of sp³-hybridized carbons (Fsp3) is 0.111. The first-order valence-corrected chi connectivity index (χ1v) is 7.45. The second-order valence-corrected chi connectivity index (χ2v) is 5.13. The van der Waals surface area contributed by atoms with Crippen LogP contribution in [0.25, 0.3) is 17.0 Å². The standard InChI is InChI=1S/C18H17N3O2/c22-17-15-11-4-5-12-16(15)20-21(17)18(23)19-13-7-6-10-14-8-2-1-3-9-14/h1-6,8-12,20H,7,13H2,(H,19,23)/b10-6+. The van der Waals surface area contributed by atoms with E-state index in [9.17, 15) is 9.59 Å². The van der Waals surface area contributed by atoms with Gasteiger partial charge in [0.1, 0.15) is 0 Å². The lowest BCUT2D eigenvalue weighted by Gasteiger charge is -2.02. The Balaban J connectivity index is 1.58. The zero-order valence-electron chi connectivity index (χ0n) is 12.5. The Bertz CT molecular complexity index is 891. The molecule has 0 fully saturated rings. The minimum atomic E-state index is -0.445. The molecule has 1 aromatic heterocycles. The number of amides is 1. The Labute approximate surface area is 133 Å². The summed E-state index contributed by atoms with van der Waals surface area (Å²) < 4.78 is 1.01. The Morgan fingerprint density at radius 3 is 2.61 bits per heavy atom. The first kappa shape index (κ1) is 14.8. The highest BCUT2D eigenvalue weighted by Crippen LogP contribution is 2.05. The first-order valence-electron chi connectivity index (χ1n) is 7.45. The van der Waals surface area contributed by atoms with Crippen LogP contribution in [0.15, 0.2) is 65.5 Å². The van der Waals surface area contributed by atoms with Gasteiger partial charge in [0.05, 0.1) is 10.9 Å². The molecule has 3 rings (SSSR count). The van der Waals surface area contributed by atoms with Crippen LogP contribution in [0.5, 0.6) is 0 Å². The van der Waals surface area contributed by atoms with Gasteiger partial charge in [-0.2, -0.15) is 4.68 Å². The molecule has 0 saturated heterocycles. The van der Waals surface area contributed by atoms with Gasteiger partial charge >= 0.3 is 6.03 Å². The molecule has 5 heteroatoms. The van der Waals surface area contributed by atoms with Crippen molar-refractivity contribution >= 4 is 23.0 Å². The maximum absolute atomic E-state index is 12.1. The quantitative estimate of drug-likeness (QED) is 0.728. The van der Waals surface area contributed by atoms with Crippen LogP contribution in [-0.4, -0.2) is 22.4 Å². The number of fused-ring (bicyclic) bond motifs is 1. The Hall–Kier alpha value is -3.08. The van der Waals surface area contributed by atoms with Crippen LogP contribution in [-0.2, 0) is 0 Å². The van der Waals surface area contributed by atoms with E-state index in [4.69, 9.17) is 0 Å². The molecule has 2 N–H and O–H groups in total. The smallest absolute Gasteiger partial charge is 0.336 e. The minimum Gasteiger partial charge on any atom is -0.336 e. The van der Waals surface area contributed by atoms with E-state index >= 15 is 0 Å². The number of nitrogens with zero attached hydrogens (tertiary/aromatic N) is 1. The molecule has 1 amide bonds. The van der Waals surface area contributed by atoms with Crippen molar-refractivity contribution in [3.63, 3.8) is 0 Å². The van der Waals surface area contributed by atoms with Gasteiger partial charge in [0.25, 0.3) is 5.56 Å². The van der Waals surface area contributed by atoms with Crippen LogP contribution in [0.2, 0.25) is 0 Å². The number of carbonyl (C=O) groups is 1. The van der Waals surface area contributed by atoms with Crippen molar-refractivity contribution in [2.75, 3.05) is 6.54 Å². The van der Waals surface area contributed by atoms with Gasteiger partial charge < -0.3 is 5.32 Å². The summed E-state index contributed by atoms with van der Waals surface area (Å²) >= 11 is 0. The molecule has 0 atom stereocenters. The Kier molecular flexibility index (Phi) is 4.38. The van der Waals surface area contributed by atoms with Crippen molar-refractivity contribution < 1.29 is 4.79 Å². The second kappa shape index (κ2) is 6.79. The van der Waals surface area contributed by atoms with Crippen LogP contribution < -0.4 is 10.9 Å². The number of hydrogen-bond acceptors (Lipinski definition) is 2. The summed E-state index contributed by atoms with van der Waals surface area (Å²) in [5.74, 6) is 0. The van der Waals surface area contributed by atoms with Crippen molar-refractivity contribution in [3.05, 3.63) is 76.6 Å². The van der Waals surface area contributed by atoms with Gasteiger partial charge in [0.2, 0.25) is 0 Å². The number of rotatable bonds is 4. The maximum Gasteiger partial charge on any atom is 0.343 e. The predicted octanol–water partition coefficient (Wildman–Crippen LogP) is 2.99. The lowest BCUT2D eigenvalue weighted by Crippen LogP contribution is -2.35. The molecule has 0 saturated carbocycles. The molecule has 5 nitrogen and oxygen atoms in total. The second-order valence-electron chi connectivity index (χ2n) is 5.13. The molecule has 0 bridgehead atoms. The van der Waals surface area contributed by atoms with E-state index in [1.54, 1.807) is 18.2 Å². The zero-order chi connectivity index (χ0) is 16.1. The molecule has 0 radical (unpaired) electrons. The van der Waals surface area contributed by atoms with Gasteiger partial charge in [-0.1, -0.05) is 54.6 Å². The summed E-state index contributed by atoms with van der Waals surface area (Å²) in [7, 11) is 0. The van der Waals surface area contributed by atoms with Gasteiger partial charge in [-0.3, -0.25) is 9.89 Å². The minimum absolute atomic E-state index is 0.335. The summed E-state index contributed by atoms with van der Waals surface area (Å²) in [6, 6.07) is 16.5. The summed E-state index contributed by atoms with van der Waals surface area (Å²) in [5.41, 5.74) is 1.43. The molecule has 0 unspecified atom stereocenters. The number of para-hydroxylation sites is 1. The SMILES string of the molecule is O=C(NCC/C=C/c1ccccc1)n1[nH]c2ccccc2c1=O. The number of aromatic amines is 1. The van der Waals surface area contributed by atoms with Gasteiger partial charge in [0.15, 0.2) is 0 Å². The third-order valence-electron chi connectivity index (χ3n) is 3.49. The molecule has 0 aliphatic heterocycles. The van der Waals surface area contributed by atoms with Gasteiger partial charge in [-0.15, -0.1) is 0 Å². The normalized spacial score (nSPS) is 11.1. The highest BCUT2D eigenvalue weighted by molar-refractivity contribution is 5.84. The van der Waals surface area contributed by atoms with Gasteiger partial charge in [-0.05, 0) is 24.1 Å². The number of aromatic nitrogens is 2. The van der Waals surface area contributed by atoms with Crippen LogP contribution in [0.3, 0.4) is 0 Å². The fourth-order valence-corrected chi connectivity index (χ4v) is 2.33. The molecular formula is C18H17N3O2. The topological polar surface area (TPSA) is 66.9 Å². The van der Waals surface area contributed by atoms with E-state index in [-0.39, 0.29) is 5.56 Å². The van der Waals surface area contributed by atoms with E-state index < -0.39 is 6.03 Å². The van der Waals surface area contributed by atoms with Crippen molar-refractivity contribution in [2.45, 2.75) is 6.42 Å². The number of H-pyrrole nitrogens is 1. The average molecular weight is 307 g/mol. The largest absolute Gasteiger partial charge is 0.343 e. The Morgan fingerprint density at radius 2 is 1.83 bits per heavy atom. The summed E-state index contributed by atoms with van der Waals surface area (Å²) in [4.78, 5) is 24.2. The van der Waals surface area contributed by atoms with E-state index in [0.29, 0.717) is 23.9 Å². The van der Waals surface area contributed by atoms with Crippen molar-refractivity contribution in [3.8, 4) is 0 Å². The van der Waals surface area contributed by atoms with Crippen LogP contribution in [0, 0.1) is 0 Å². The molecule has 2 aromatic carbocycles. The number of benzene rings is 2. The summed E-state index contributed by atoms with van der Waals surface area (Å²) in [6.07, 6.45) is 4.68. The highest BCUT2D eigenvalue weighted by Gasteiger charge is 2.11. The number of carbonyl (C=O) groups excluding carboxylic acids is 1. The van der Waals surface area contributed by atoms with Crippen LogP contribution in [0.4, 0.5) is 4.79 Å². The van der Waals surface area contributed by atoms with E-state index in [1.165, 1.54) is 0 Å². The molecule has 0 spiro atoms. The maximum atomic E-state index is 12.1. The molecule has 0 aliphatic rings. The lowest BCUT2D eigenvalue weighted by atomic mass is 10.2. The van der Waals surface area contributed by atoms with Crippen molar-refractivity contribution in [2.24, 2.45) is 0 Å². The van der Waals surface area contributed by atoms with Crippen LogP contribution >= 0.6 is 0 Å². The Morgan fingerprint density at radius 1 is 1.09 bits per heavy atom. The number of nitrogens with one attached hydrogen (secondary N) is 2.